The number of benzene rings is 1. The number of rotatable bonds is 11. The average molecular weight is 452 g/mol. The maximum absolute atomic E-state index is 12.5. The first-order valence-electron chi connectivity index (χ1n) is 8.66. The van der Waals surface area contributed by atoms with Crippen molar-refractivity contribution in [3.8, 4) is 5.75 Å². The third kappa shape index (κ3) is 6.46. The Hall–Kier alpha value is -2.72. The Balaban J connectivity index is 1.94. The molecule has 0 atom stereocenters. The number of aliphatic hydroxyl groups is 1. The first kappa shape index (κ1) is 21.6. The van der Waals surface area contributed by atoms with E-state index in [2.05, 4.69) is 31.2 Å². The number of hydrogen-bond donors (Lipinski definition) is 3. The molecule has 28 heavy (non-hydrogen) atoms. The van der Waals surface area contributed by atoms with Gasteiger partial charge in [-0.25, -0.2) is 9.97 Å². The fourth-order valence-corrected chi connectivity index (χ4v) is 2.64. The number of carbonyl (C=O) groups is 2. The molecule has 0 aliphatic rings. The molecule has 0 bridgehead atoms. The van der Waals surface area contributed by atoms with Gasteiger partial charge in [0, 0.05) is 19.7 Å². The summed E-state index contributed by atoms with van der Waals surface area (Å²) in [7, 11) is 0. The molecule has 0 spiro atoms. The van der Waals surface area contributed by atoms with Crippen LogP contribution in [0.5, 0.6) is 5.75 Å². The molecule has 1 heterocycles. The number of hydrogen-bond acceptors (Lipinski definition) is 7. The Morgan fingerprint density at radius 1 is 1.32 bits per heavy atom. The molecule has 4 N–H and O–H groups in total. The summed E-state index contributed by atoms with van der Waals surface area (Å²) in [5.41, 5.74) is 6.20. The van der Waals surface area contributed by atoms with Gasteiger partial charge in [0.1, 0.15) is 10.4 Å². The average Bonchev–Trinajstić information content (AvgIpc) is 2.70. The van der Waals surface area contributed by atoms with Crippen molar-refractivity contribution in [2.45, 2.75) is 12.8 Å². The first-order chi connectivity index (χ1) is 13.5. The van der Waals surface area contributed by atoms with Crippen LogP contribution in [0.2, 0.25) is 0 Å². The van der Waals surface area contributed by atoms with Crippen LogP contribution in [0.15, 0.2) is 35.1 Å². The third-order valence-corrected chi connectivity index (χ3v) is 4.10. The minimum atomic E-state index is -0.501. The second-order valence-corrected chi connectivity index (χ2v) is 6.61. The Bertz CT molecular complexity index is 805. The van der Waals surface area contributed by atoms with Gasteiger partial charge in [-0.05, 0) is 40.9 Å². The number of anilines is 2. The van der Waals surface area contributed by atoms with Crippen molar-refractivity contribution in [2.75, 3.05) is 37.4 Å². The molecule has 0 fully saturated rings. The summed E-state index contributed by atoms with van der Waals surface area (Å²) in [6, 6.07) is 6.99. The molecule has 2 aromatic rings. The van der Waals surface area contributed by atoms with Gasteiger partial charge in [0.05, 0.1) is 18.5 Å². The van der Waals surface area contributed by atoms with Gasteiger partial charge in [0.2, 0.25) is 6.41 Å². The number of nitrogens with one attached hydrogen (secondary N) is 1. The van der Waals surface area contributed by atoms with E-state index >= 15 is 0 Å². The predicted octanol–water partition coefficient (Wildman–Crippen LogP) is 1.68. The summed E-state index contributed by atoms with van der Waals surface area (Å²) in [6.45, 7) is 1.42. The van der Waals surface area contributed by atoms with Crippen LogP contribution in [0.25, 0.3) is 0 Å². The normalized spacial score (nSPS) is 10.4. The lowest BCUT2D eigenvalue weighted by Crippen LogP contribution is -2.26. The number of aromatic nitrogens is 2. The van der Waals surface area contributed by atoms with Crippen LogP contribution >= 0.6 is 15.9 Å². The van der Waals surface area contributed by atoms with Crippen molar-refractivity contribution in [1.82, 2.24) is 14.9 Å². The number of nitrogens with two attached hydrogens (primary N) is 1. The maximum atomic E-state index is 12.5. The lowest BCUT2D eigenvalue weighted by Gasteiger charge is -2.17. The van der Waals surface area contributed by atoms with Crippen LogP contribution in [0.3, 0.4) is 0 Å². The smallest absolute Gasteiger partial charge is 0.278 e. The number of amides is 2. The minimum absolute atomic E-state index is 0.00897. The van der Waals surface area contributed by atoms with Gasteiger partial charge in [-0.15, -0.1) is 0 Å². The number of nitrogens with zero attached hydrogens (tertiary/aromatic N) is 3. The number of nitrogen functional groups attached to an aromatic ring is 1. The zero-order chi connectivity index (χ0) is 20.4. The molecule has 0 saturated carbocycles. The van der Waals surface area contributed by atoms with Gasteiger partial charge in [-0.2, -0.15) is 0 Å². The highest BCUT2D eigenvalue weighted by atomic mass is 79.9. The van der Waals surface area contributed by atoms with Crippen LogP contribution in [0, 0.1) is 0 Å². The molecule has 9 nitrogen and oxygen atoms in total. The molecule has 10 heteroatoms. The minimum Gasteiger partial charge on any atom is -0.491 e. The molecule has 0 aliphatic carbocycles. The van der Waals surface area contributed by atoms with Gasteiger partial charge < -0.3 is 25.8 Å². The van der Waals surface area contributed by atoms with Crippen LogP contribution < -0.4 is 15.8 Å². The Labute approximate surface area is 171 Å². The Morgan fingerprint density at radius 3 is 2.82 bits per heavy atom. The van der Waals surface area contributed by atoms with E-state index in [9.17, 15) is 9.59 Å². The number of halogens is 1. The molecule has 150 valence electrons. The zero-order valence-electron chi connectivity index (χ0n) is 15.2. The zero-order valence-corrected chi connectivity index (χ0v) is 16.8. The number of aliphatic hydroxyl groups excluding tert-OH is 1. The fourth-order valence-electron chi connectivity index (χ4n) is 2.36. The van der Waals surface area contributed by atoms with E-state index in [1.165, 1.54) is 6.20 Å². The molecule has 2 rings (SSSR count). The number of ether oxygens (including phenoxy) is 1. The molecular formula is C18H22BrN5O4. The lowest BCUT2D eigenvalue weighted by atomic mass is 10.2. The van der Waals surface area contributed by atoms with Crippen LogP contribution in [0.4, 0.5) is 11.5 Å². The highest BCUT2D eigenvalue weighted by Gasteiger charge is 2.15. The molecule has 0 aliphatic heterocycles. The molecule has 0 radical (unpaired) electrons. The number of carbonyl (C=O) groups excluding carboxylic acids is 2. The Morgan fingerprint density at radius 2 is 2.07 bits per heavy atom. The van der Waals surface area contributed by atoms with Crippen molar-refractivity contribution in [3.63, 3.8) is 0 Å². The van der Waals surface area contributed by atoms with E-state index in [0.29, 0.717) is 48.6 Å². The first-order valence-corrected chi connectivity index (χ1v) is 9.46. The van der Waals surface area contributed by atoms with E-state index in [-0.39, 0.29) is 18.1 Å². The molecule has 1 aromatic heterocycles. The SMILES string of the molecule is Nc1ncc(Br)nc1C(=O)Nc1ccccc1OCCCN(C=O)CCCO. The quantitative estimate of drug-likeness (QED) is 0.349. The van der Waals surface area contributed by atoms with Crippen molar-refractivity contribution in [1.29, 1.82) is 0 Å². The molecule has 0 saturated heterocycles. The lowest BCUT2D eigenvalue weighted by molar-refractivity contribution is -0.118. The van der Waals surface area contributed by atoms with Crippen molar-refractivity contribution in [2.24, 2.45) is 0 Å². The summed E-state index contributed by atoms with van der Waals surface area (Å²) < 4.78 is 6.14. The second-order valence-electron chi connectivity index (χ2n) is 5.80. The fraction of sp³-hybridized carbons (Fsp3) is 0.333. The molecular weight excluding hydrogens is 430 g/mol. The van der Waals surface area contributed by atoms with E-state index in [1.807, 2.05) is 0 Å². The number of para-hydroxylation sites is 2. The molecule has 1 aromatic carbocycles. The highest BCUT2D eigenvalue weighted by Crippen LogP contribution is 2.25. The molecule has 2 amide bonds. The van der Waals surface area contributed by atoms with Crippen molar-refractivity contribution >= 4 is 39.8 Å². The summed E-state index contributed by atoms with van der Waals surface area (Å²) in [5, 5.41) is 11.5. The summed E-state index contributed by atoms with van der Waals surface area (Å²) in [6.07, 6.45) is 3.31. The maximum Gasteiger partial charge on any atom is 0.278 e. The van der Waals surface area contributed by atoms with Gasteiger partial charge >= 0.3 is 0 Å². The largest absolute Gasteiger partial charge is 0.491 e. The van der Waals surface area contributed by atoms with Gasteiger partial charge in [-0.1, -0.05) is 12.1 Å². The van der Waals surface area contributed by atoms with Gasteiger partial charge in [0.25, 0.3) is 5.91 Å². The van der Waals surface area contributed by atoms with E-state index < -0.39 is 5.91 Å². The summed E-state index contributed by atoms with van der Waals surface area (Å²) in [5.74, 6) is 0.0137. The second kappa shape index (κ2) is 11.2. The van der Waals surface area contributed by atoms with Crippen LogP contribution in [-0.4, -0.2) is 58.6 Å². The third-order valence-electron chi connectivity index (χ3n) is 3.72. The van der Waals surface area contributed by atoms with Gasteiger partial charge in [0.15, 0.2) is 11.5 Å². The van der Waals surface area contributed by atoms with E-state index in [1.54, 1.807) is 29.2 Å². The standard InChI is InChI=1S/C18H22BrN5O4/c19-15-11-21-17(20)16(23-15)18(27)22-13-5-1-2-6-14(13)28-10-4-8-24(12-26)7-3-9-25/h1-2,5-6,11-12,25H,3-4,7-10H2,(H2,20,21)(H,22,27). The van der Waals surface area contributed by atoms with Crippen LogP contribution in [0.1, 0.15) is 23.3 Å². The monoisotopic (exact) mass is 451 g/mol. The predicted molar refractivity (Wildman–Crippen MR) is 108 cm³/mol. The Kier molecular flexibility index (Phi) is 8.63. The van der Waals surface area contributed by atoms with E-state index in [0.717, 1.165) is 6.41 Å². The molecule has 0 unspecified atom stereocenters. The van der Waals surface area contributed by atoms with E-state index in [4.69, 9.17) is 15.6 Å². The topological polar surface area (TPSA) is 131 Å². The highest BCUT2D eigenvalue weighted by molar-refractivity contribution is 9.10. The summed E-state index contributed by atoms with van der Waals surface area (Å²) in [4.78, 5) is 33.0. The van der Waals surface area contributed by atoms with Crippen molar-refractivity contribution in [3.05, 3.63) is 40.8 Å². The van der Waals surface area contributed by atoms with Gasteiger partial charge in [-0.3, -0.25) is 9.59 Å². The van der Waals surface area contributed by atoms with Crippen LogP contribution in [-0.2, 0) is 4.79 Å². The summed E-state index contributed by atoms with van der Waals surface area (Å²) >= 11 is 3.16. The van der Waals surface area contributed by atoms with Crippen molar-refractivity contribution < 1.29 is 19.4 Å².